The molecular weight excluding hydrogens is 341 g/mol. The molecule has 1 aromatic rings. The van der Waals surface area contributed by atoms with Gasteiger partial charge in [0.05, 0.1) is 9.40 Å². The zero-order chi connectivity index (χ0) is 16.2. The molecule has 21 heavy (non-hydrogen) atoms. The highest BCUT2D eigenvalue weighted by atomic mass is 79.9. The van der Waals surface area contributed by atoms with Gasteiger partial charge < -0.3 is 10.2 Å². The van der Waals surface area contributed by atoms with E-state index in [1.165, 1.54) is 12.1 Å². The normalized spacial score (nSPS) is 12.8. The van der Waals surface area contributed by atoms with Gasteiger partial charge in [0.1, 0.15) is 11.5 Å². The summed E-state index contributed by atoms with van der Waals surface area (Å²) in [5.74, 6) is -0.0851. The van der Waals surface area contributed by atoms with Crippen LogP contribution in [-0.4, -0.2) is 36.5 Å². The smallest absolute Gasteiger partial charge is 0.293 e. The zero-order valence-electron chi connectivity index (χ0n) is 12.7. The maximum Gasteiger partial charge on any atom is 0.293 e. The number of hydrogen-bond donors (Lipinski definition) is 1. The lowest BCUT2D eigenvalue weighted by atomic mass is 10.0. The number of hydrogen-bond acceptors (Lipinski definition) is 4. The van der Waals surface area contributed by atoms with Crippen molar-refractivity contribution in [2.45, 2.75) is 26.3 Å². The summed E-state index contributed by atoms with van der Waals surface area (Å²) in [5, 5.41) is 14.2. The van der Waals surface area contributed by atoms with Gasteiger partial charge >= 0.3 is 0 Å². The van der Waals surface area contributed by atoms with Gasteiger partial charge in [0, 0.05) is 24.7 Å². The molecule has 7 heteroatoms. The summed E-state index contributed by atoms with van der Waals surface area (Å²) in [6.45, 7) is 4.88. The summed E-state index contributed by atoms with van der Waals surface area (Å²) in [5.41, 5.74) is 0.0870. The van der Waals surface area contributed by atoms with Gasteiger partial charge in [-0.3, -0.25) is 10.1 Å². The molecule has 1 unspecified atom stereocenters. The van der Waals surface area contributed by atoms with Crippen molar-refractivity contribution in [3.8, 4) is 0 Å². The molecular formula is C14H21BrFN3O2. The van der Waals surface area contributed by atoms with E-state index in [0.29, 0.717) is 12.5 Å². The summed E-state index contributed by atoms with van der Waals surface area (Å²) in [4.78, 5) is 12.6. The average molecular weight is 362 g/mol. The van der Waals surface area contributed by atoms with E-state index >= 15 is 0 Å². The van der Waals surface area contributed by atoms with Gasteiger partial charge in [-0.2, -0.15) is 0 Å². The molecule has 0 aromatic heterocycles. The first-order valence-corrected chi connectivity index (χ1v) is 7.54. The van der Waals surface area contributed by atoms with Crippen LogP contribution in [0, 0.1) is 21.8 Å². The fourth-order valence-electron chi connectivity index (χ4n) is 2.21. The third-order valence-electron chi connectivity index (χ3n) is 2.94. The lowest BCUT2D eigenvalue weighted by Gasteiger charge is -2.25. The topological polar surface area (TPSA) is 58.4 Å². The van der Waals surface area contributed by atoms with E-state index in [1.807, 2.05) is 19.0 Å². The maximum atomic E-state index is 13.7. The fraction of sp³-hybridized carbons (Fsp3) is 0.571. The molecule has 0 aliphatic heterocycles. The molecule has 0 heterocycles. The Labute approximate surface area is 132 Å². The highest BCUT2D eigenvalue weighted by Crippen LogP contribution is 2.31. The largest absolute Gasteiger partial charge is 0.375 e. The van der Waals surface area contributed by atoms with Crippen molar-refractivity contribution >= 4 is 27.3 Å². The van der Waals surface area contributed by atoms with Gasteiger partial charge in [0.25, 0.3) is 5.69 Å². The number of benzene rings is 1. The number of nitro groups is 1. The Kier molecular flexibility index (Phi) is 6.54. The molecule has 118 valence electrons. The van der Waals surface area contributed by atoms with E-state index in [9.17, 15) is 14.5 Å². The van der Waals surface area contributed by atoms with Crippen molar-refractivity contribution < 1.29 is 9.31 Å². The summed E-state index contributed by atoms with van der Waals surface area (Å²) < 4.78 is 13.8. The van der Waals surface area contributed by atoms with Gasteiger partial charge in [-0.1, -0.05) is 13.8 Å². The third-order valence-corrected chi connectivity index (χ3v) is 3.54. The second-order valence-electron chi connectivity index (χ2n) is 5.77. The van der Waals surface area contributed by atoms with Crippen LogP contribution in [0.25, 0.3) is 0 Å². The van der Waals surface area contributed by atoms with E-state index in [-0.39, 0.29) is 21.9 Å². The first-order valence-electron chi connectivity index (χ1n) is 6.75. The second kappa shape index (κ2) is 7.70. The Morgan fingerprint density at radius 1 is 1.43 bits per heavy atom. The predicted octanol–water partition coefficient (Wildman–Crippen LogP) is 3.88. The van der Waals surface area contributed by atoms with Crippen LogP contribution in [0.2, 0.25) is 0 Å². The van der Waals surface area contributed by atoms with Gasteiger partial charge in [0.2, 0.25) is 0 Å². The van der Waals surface area contributed by atoms with Crippen LogP contribution in [0.15, 0.2) is 16.6 Å². The SMILES string of the molecule is CC(C)CC(CN(C)C)Nc1cc(F)c(Br)cc1[N+](=O)[O-]. The lowest BCUT2D eigenvalue weighted by molar-refractivity contribution is -0.384. The molecule has 0 bridgehead atoms. The minimum absolute atomic E-state index is 0.0132. The van der Waals surface area contributed by atoms with Crippen LogP contribution in [-0.2, 0) is 0 Å². The molecule has 0 aliphatic rings. The van der Waals surface area contributed by atoms with E-state index in [0.717, 1.165) is 6.42 Å². The summed E-state index contributed by atoms with van der Waals surface area (Å²) in [6.07, 6.45) is 0.840. The fourth-order valence-corrected chi connectivity index (χ4v) is 2.54. The molecule has 0 amide bonds. The standard InChI is InChI=1S/C14H21BrFN3O2/c1-9(2)5-10(8-18(3)4)17-13-7-12(16)11(15)6-14(13)19(20)21/h6-7,9-10,17H,5,8H2,1-4H3. The van der Waals surface area contributed by atoms with E-state index < -0.39 is 10.7 Å². The van der Waals surface area contributed by atoms with Crippen molar-refractivity contribution in [3.63, 3.8) is 0 Å². The van der Waals surface area contributed by atoms with Gasteiger partial charge in [-0.25, -0.2) is 4.39 Å². The van der Waals surface area contributed by atoms with Crippen LogP contribution in [0.4, 0.5) is 15.8 Å². The number of likely N-dealkylation sites (N-methyl/N-ethyl adjacent to an activating group) is 1. The highest BCUT2D eigenvalue weighted by Gasteiger charge is 2.21. The maximum absolute atomic E-state index is 13.7. The lowest BCUT2D eigenvalue weighted by Crippen LogP contribution is -2.33. The molecule has 0 radical (unpaired) electrons. The van der Waals surface area contributed by atoms with Crippen molar-refractivity contribution in [2.75, 3.05) is 26.0 Å². The molecule has 1 aromatic carbocycles. The Morgan fingerprint density at radius 3 is 2.52 bits per heavy atom. The third kappa shape index (κ3) is 5.59. The molecule has 5 nitrogen and oxygen atoms in total. The zero-order valence-corrected chi connectivity index (χ0v) is 14.3. The Bertz CT molecular complexity index is 499. The second-order valence-corrected chi connectivity index (χ2v) is 6.63. The Morgan fingerprint density at radius 2 is 2.05 bits per heavy atom. The van der Waals surface area contributed by atoms with Crippen molar-refractivity contribution in [2.24, 2.45) is 5.92 Å². The molecule has 1 rings (SSSR count). The van der Waals surface area contributed by atoms with Crippen molar-refractivity contribution in [1.82, 2.24) is 4.90 Å². The number of nitrogens with one attached hydrogen (secondary N) is 1. The van der Waals surface area contributed by atoms with Crippen molar-refractivity contribution in [1.29, 1.82) is 0 Å². The molecule has 1 atom stereocenters. The molecule has 1 N–H and O–H groups in total. The number of nitrogens with zero attached hydrogens (tertiary/aromatic N) is 2. The van der Waals surface area contributed by atoms with E-state index in [2.05, 4.69) is 35.1 Å². The van der Waals surface area contributed by atoms with Crippen LogP contribution in [0.1, 0.15) is 20.3 Å². The molecule has 0 saturated heterocycles. The number of halogens is 2. The molecule has 0 fully saturated rings. The molecule has 0 spiro atoms. The molecule has 0 saturated carbocycles. The number of anilines is 1. The Balaban J connectivity index is 3.06. The summed E-state index contributed by atoms with van der Waals surface area (Å²) >= 11 is 2.98. The van der Waals surface area contributed by atoms with Crippen LogP contribution in [0.3, 0.4) is 0 Å². The van der Waals surface area contributed by atoms with E-state index in [4.69, 9.17) is 0 Å². The average Bonchev–Trinajstić information content (AvgIpc) is 2.31. The Hall–Kier alpha value is -1.21. The predicted molar refractivity (Wildman–Crippen MR) is 86.2 cm³/mol. The van der Waals surface area contributed by atoms with Crippen LogP contribution >= 0.6 is 15.9 Å². The number of nitro benzene ring substituents is 1. The summed E-state index contributed by atoms with van der Waals surface area (Å²) in [7, 11) is 3.87. The van der Waals surface area contributed by atoms with Crippen LogP contribution < -0.4 is 5.32 Å². The summed E-state index contributed by atoms with van der Waals surface area (Å²) in [6, 6.07) is 2.38. The van der Waals surface area contributed by atoms with Gasteiger partial charge in [0.15, 0.2) is 0 Å². The van der Waals surface area contributed by atoms with E-state index in [1.54, 1.807) is 0 Å². The first-order chi connectivity index (χ1) is 9.70. The number of rotatable bonds is 7. The van der Waals surface area contributed by atoms with Gasteiger partial charge in [-0.15, -0.1) is 0 Å². The molecule has 0 aliphatic carbocycles. The highest BCUT2D eigenvalue weighted by molar-refractivity contribution is 9.10. The minimum atomic E-state index is -0.517. The first kappa shape index (κ1) is 17.8. The monoisotopic (exact) mass is 361 g/mol. The van der Waals surface area contributed by atoms with Crippen LogP contribution in [0.5, 0.6) is 0 Å². The quantitative estimate of drug-likeness (QED) is 0.591. The minimum Gasteiger partial charge on any atom is -0.375 e. The van der Waals surface area contributed by atoms with Gasteiger partial charge in [-0.05, 0) is 42.4 Å². The van der Waals surface area contributed by atoms with Crippen molar-refractivity contribution in [3.05, 3.63) is 32.5 Å².